The molecule has 2 heterocycles. The SMILES string of the molecule is O=C(Nc1ccc(F)c(F)c1F)NC12CC3C[C@H](C1)CC(c1ccccc1)(C3)O2. The summed E-state index contributed by atoms with van der Waals surface area (Å²) in [6, 6.07) is 11.1. The Balaban J connectivity index is 1.39. The van der Waals surface area contributed by atoms with Crippen molar-refractivity contribution in [3.8, 4) is 0 Å². The largest absolute Gasteiger partial charge is 0.345 e. The number of nitrogens with one attached hydrogen (secondary N) is 2. The third-order valence-corrected chi connectivity index (χ3v) is 6.46. The maximum Gasteiger partial charge on any atom is 0.321 e. The molecule has 2 N–H and O–H groups in total. The number of halogens is 3. The van der Waals surface area contributed by atoms with E-state index in [1.807, 2.05) is 18.2 Å². The average molecular weight is 402 g/mol. The molecule has 152 valence electrons. The molecule has 2 aromatic rings. The van der Waals surface area contributed by atoms with Gasteiger partial charge >= 0.3 is 6.03 Å². The van der Waals surface area contributed by atoms with E-state index in [2.05, 4.69) is 22.8 Å². The van der Waals surface area contributed by atoms with E-state index in [1.54, 1.807) is 0 Å². The van der Waals surface area contributed by atoms with Gasteiger partial charge in [-0.1, -0.05) is 30.3 Å². The minimum atomic E-state index is -1.61. The van der Waals surface area contributed by atoms with E-state index in [0.717, 1.165) is 37.0 Å². The lowest BCUT2D eigenvalue weighted by Crippen LogP contribution is -2.66. The van der Waals surface area contributed by atoms with Crippen LogP contribution in [0.4, 0.5) is 23.7 Å². The van der Waals surface area contributed by atoms with Gasteiger partial charge in [-0.05, 0) is 61.6 Å². The summed E-state index contributed by atoms with van der Waals surface area (Å²) in [6.45, 7) is 0. The van der Waals surface area contributed by atoms with Crippen molar-refractivity contribution in [1.82, 2.24) is 5.32 Å². The third kappa shape index (κ3) is 3.08. The highest BCUT2D eigenvalue weighted by Crippen LogP contribution is 2.60. The monoisotopic (exact) mass is 402 g/mol. The number of anilines is 1. The first-order valence-corrected chi connectivity index (χ1v) is 9.86. The average Bonchev–Trinajstić information content (AvgIpc) is 2.68. The summed E-state index contributed by atoms with van der Waals surface area (Å²) >= 11 is 0. The summed E-state index contributed by atoms with van der Waals surface area (Å²) in [5.74, 6) is -3.49. The molecule has 0 radical (unpaired) electrons. The van der Waals surface area contributed by atoms with Gasteiger partial charge in [-0.2, -0.15) is 0 Å². The number of hydrogen-bond donors (Lipinski definition) is 2. The Hall–Kier alpha value is -2.54. The van der Waals surface area contributed by atoms with E-state index in [0.29, 0.717) is 24.7 Å². The molecule has 6 rings (SSSR count). The van der Waals surface area contributed by atoms with Gasteiger partial charge in [-0.25, -0.2) is 18.0 Å². The standard InChI is InChI=1S/C22H21F3N2O2/c23-16-6-7-17(19(25)18(16)24)26-20(28)27-22-11-13-8-14(12-22)10-21(9-13,29-22)15-4-2-1-3-5-15/h1-7,13-14H,8-12H2,(H2,26,27,28)/t13-,14?,21?,22?/m0/s1. The zero-order chi connectivity index (χ0) is 20.2. The van der Waals surface area contributed by atoms with E-state index >= 15 is 0 Å². The Kier molecular flexibility index (Phi) is 4.13. The predicted octanol–water partition coefficient (Wildman–Crippen LogP) is 5.06. The van der Waals surface area contributed by atoms with Crippen LogP contribution < -0.4 is 10.6 Å². The normalized spacial score (nSPS) is 32.2. The van der Waals surface area contributed by atoms with Gasteiger partial charge in [0, 0.05) is 0 Å². The summed E-state index contributed by atoms with van der Waals surface area (Å²) in [6.07, 6.45) is 4.31. The fourth-order valence-electron chi connectivity index (χ4n) is 5.67. The maximum atomic E-state index is 13.9. The Morgan fingerprint density at radius 1 is 0.931 bits per heavy atom. The number of benzene rings is 2. The maximum absolute atomic E-state index is 13.9. The minimum Gasteiger partial charge on any atom is -0.345 e. The smallest absolute Gasteiger partial charge is 0.321 e. The van der Waals surface area contributed by atoms with Crippen molar-refractivity contribution < 1.29 is 22.7 Å². The van der Waals surface area contributed by atoms with Crippen LogP contribution in [0.3, 0.4) is 0 Å². The van der Waals surface area contributed by atoms with Crippen LogP contribution in [-0.2, 0) is 10.3 Å². The molecule has 2 aliphatic carbocycles. The van der Waals surface area contributed by atoms with Crippen molar-refractivity contribution in [2.24, 2.45) is 11.8 Å². The Morgan fingerprint density at radius 3 is 2.31 bits per heavy atom. The quantitative estimate of drug-likeness (QED) is 0.706. The number of ether oxygens (including phenoxy) is 1. The van der Waals surface area contributed by atoms with Gasteiger partial charge in [-0.3, -0.25) is 0 Å². The molecule has 2 saturated heterocycles. The molecule has 2 aromatic carbocycles. The zero-order valence-electron chi connectivity index (χ0n) is 15.7. The lowest BCUT2D eigenvalue weighted by molar-refractivity contribution is -0.287. The highest BCUT2D eigenvalue weighted by molar-refractivity contribution is 5.89. The molecule has 0 spiro atoms. The van der Waals surface area contributed by atoms with E-state index in [-0.39, 0.29) is 0 Å². The fraction of sp³-hybridized carbons (Fsp3) is 0.409. The van der Waals surface area contributed by atoms with Crippen molar-refractivity contribution in [3.05, 3.63) is 65.5 Å². The molecule has 2 aliphatic heterocycles. The molecule has 7 heteroatoms. The molecule has 4 fully saturated rings. The predicted molar refractivity (Wildman–Crippen MR) is 100 cm³/mol. The number of amides is 2. The van der Waals surface area contributed by atoms with Gasteiger partial charge in [0.05, 0.1) is 11.3 Å². The molecular weight excluding hydrogens is 381 g/mol. The summed E-state index contributed by atoms with van der Waals surface area (Å²) < 4.78 is 47.1. The highest BCUT2D eigenvalue weighted by atomic mass is 19.2. The summed E-state index contributed by atoms with van der Waals surface area (Å²) in [5, 5.41) is 5.17. The summed E-state index contributed by atoms with van der Waals surface area (Å²) in [7, 11) is 0. The van der Waals surface area contributed by atoms with Crippen molar-refractivity contribution in [2.75, 3.05) is 5.32 Å². The molecule has 4 aliphatic rings. The van der Waals surface area contributed by atoms with Crippen molar-refractivity contribution in [1.29, 1.82) is 0 Å². The van der Waals surface area contributed by atoms with Crippen molar-refractivity contribution >= 4 is 11.7 Å². The first-order chi connectivity index (χ1) is 13.9. The Morgan fingerprint density at radius 2 is 1.62 bits per heavy atom. The molecule has 2 saturated carbocycles. The van der Waals surface area contributed by atoms with Gasteiger partial charge in [0.2, 0.25) is 0 Å². The lowest BCUT2D eigenvalue weighted by Gasteiger charge is -2.61. The molecular formula is C22H21F3N2O2. The van der Waals surface area contributed by atoms with Crippen LogP contribution >= 0.6 is 0 Å². The second-order valence-electron chi connectivity index (χ2n) is 8.54. The number of rotatable bonds is 3. The number of hydrogen-bond acceptors (Lipinski definition) is 2. The molecule has 4 bridgehead atoms. The highest BCUT2D eigenvalue weighted by Gasteiger charge is 2.60. The van der Waals surface area contributed by atoms with E-state index < -0.39 is 40.5 Å². The van der Waals surface area contributed by atoms with Crippen LogP contribution in [0, 0.1) is 29.3 Å². The topological polar surface area (TPSA) is 50.4 Å². The van der Waals surface area contributed by atoms with Gasteiger partial charge in [0.25, 0.3) is 0 Å². The zero-order valence-corrected chi connectivity index (χ0v) is 15.7. The summed E-state index contributed by atoms with van der Waals surface area (Å²) in [4.78, 5) is 12.6. The van der Waals surface area contributed by atoms with Crippen LogP contribution in [0.1, 0.15) is 37.7 Å². The Bertz CT molecular complexity index is 952. The number of urea groups is 1. The van der Waals surface area contributed by atoms with Gasteiger partial charge < -0.3 is 15.4 Å². The second-order valence-corrected chi connectivity index (χ2v) is 8.54. The van der Waals surface area contributed by atoms with Crippen molar-refractivity contribution in [2.45, 2.75) is 43.4 Å². The van der Waals surface area contributed by atoms with Crippen LogP contribution in [0.15, 0.2) is 42.5 Å². The first kappa shape index (κ1) is 18.5. The van der Waals surface area contributed by atoms with E-state index in [9.17, 15) is 18.0 Å². The van der Waals surface area contributed by atoms with Gasteiger partial charge in [0.1, 0.15) is 5.72 Å². The molecule has 3 unspecified atom stereocenters. The fourth-order valence-corrected chi connectivity index (χ4v) is 5.67. The second kappa shape index (κ2) is 6.49. The molecule has 0 aromatic heterocycles. The summed E-state index contributed by atoms with van der Waals surface area (Å²) in [5.41, 5.74) is -0.596. The van der Waals surface area contributed by atoms with Gasteiger partial charge in [0.15, 0.2) is 17.5 Å². The van der Waals surface area contributed by atoms with Crippen LogP contribution in [0.2, 0.25) is 0 Å². The lowest BCUT2D eigenvalue weighted by atomic mass is 9.58. The molecule has 4 atom stereocenters. The minimum absolute atomic E-state index is 0.413. The Labute approximate surface area is 166 Å². The van der Waals surface area contributed by atoms with Crippen LogP contribution in [-0.4, -0.2) is 11.8 Å². The molecule has 4 nitrogen and oxygen atoms in total. The van der Waals surface area contributed by atoms with E-state index in [1.165, 1.54) is 0 Å². The number of carbonyl (C=O) groups excluding carboxylic acids is 1. The molecule has 2 amide bonds. The molecule has 29 heavy (non-hydrogen) atoms. The number of carbonyl (C=O) groups is 1. The van der Waals surface area contributed by atoms with Gasteiger partial charge in [-0.15, -0.1) is 0 Å². The third-order valence-electron chi connectivity index (χ3n) is 6.46. The van der Waals surface area contributed by atoms with Crippen molar-refractivity contribution in [3.63, 3.8) is 0 Å². The van der Waals surface area contributed by atoms with Crippen LogP contribution in [0.5, 0.6) is 0 Å². The van der Waals surface area contributed by atoms with E-state index in [4.69, 9.17) is 4.74 Å². The first-order valence-electron chi connectivity index (χ1n) is 9.86. The van der Waals surface area contributed by atoms with Crippen LogP contribution in [0.25, 0.3) is 0 Å².